The first kappa shape index (κ1) is 11.5. The maximum absolute atomic E-state index is 5.90. The van der Waals surface area contributed by atoms with Crippen LogP contribution in [-0.2, 0) is 20.0 Å². The van der Waals surface area contributed by atoms with Gasteiger partial charge >= 0.3 is 0 Å². The number of para-hydroxylation sites is 1. The van der Waals surface area contributed by atoms with Gasteiger partial charge in [-0.25, -0.2) is 0 Å². The van der Waals surface area contributed by atoms with Crippen LogP contribution in [0.25, 0.3) is 0 Å². The zero-order valence-corrected chi connectivity index (χ0v) is 10.3. The van der Waals surface area contributed by atoms with Crippen molar-refractivity contribution < 1.29 is 0 Å². The van der Waals surface area contributed by atoms with Gasteiger partial charge in [0, 0.05) is 25.5 Å². The number of hydrogen-bond acceptors (Lipinski definition) is 3. The summed E-state index contributed by atoms with van der Waals surface area (Å²) in [5.74, 6) is 0. The largest absolute Gasteiger partial charge is 0.398 e. The SMILES string of the molecule is CCc1nn(C)cc1NCc1ccccc1N. The van der Waals surface area contributed by atoms with Gasteiger partial charge in [-0.1, -0.05) is 25.1 Å². The summed E-state index contributed by atoms with van der Waals surface area (Å²) in [6.45, 7) is 2.83. The fraction of sp³-hybridized carbons (Fsp3) is 0.308. The van der Waals surface area contributed by atoms with Crippen LogP contribution >= 0.6 is 0 Å². The fourth-order valence-corrected chi connectivity index (χ4v) is 1.83. The molecule has 0 radical (unpaired) electrons. The van der Waals surface area contributed by atoms with Crippen LogP contribution in [0.15, 0.2) is 30.5 Å². The van der Waals surface area contributed by atoms with Crippen molar-refractivity contribution in [2.45, 2.75) is 19.9 Å². The first-order valence-electron chi connectivity index (χ1n) is 5.80. The van der Waals surface area contributed by atoms with Crippen molar-refractivity contribution in [3.63, 3.8) is 0 Å². The Balaban J connectivity index is 2.09. The van der Waals surface area contributed by atoms with Crippen molar-refractivity contribution in [3.8, 4) is 0 Å². The standard InChI is InChI=1S/C13H18N4/c1-3-12-13(9-17(2)16-12)15-8-10-6-4-5-7-11(10)14/h4-7,9,15H,3,8,14H2,1-2H3. The molecule has 0 amide bonds. The normalized spacial score (nSPS) is 10.5. The monoisotopic (exact) mass is 230 g/mol. The zero-order valence-electron chi connectivity index (χ0n) is 10.3. The minimum absolute atomic E-state index is 0.728. The molecular weight excluding hydrogens is 212 g/mol. The summed E-state index contributed by atoms with van der Waals surface area (Å²) in [6.07, 6.45) is 2.92. The number of nitrogens with one attached hydrogen (secondary N) is 1. The smallest absolute Gasteiger partial charge is 0.0853 e. The number of hydrogen-bond donors (Lipinski definition) is 2. The lowest BCUT2D eigenvalue weighted by atomic mass is 10.2. The minimum atomic E-state index is 0.728. The summed E-state index contributed by atoms with van der Waals surface area (Å²) >= 11 is 0. The molecule has 0 fully saturated rings. The molecule has 0 saturated heterocycles. The van der Waals surface area contributed by atoms with Crippen LogP contribution in [-0.4, -0.2) is 9.78 Å². The molecule has 0 bridgehead atoms. The number of benzene rings is 1. The van der Waals surface area contributed by atoms with Crippen molar-refractivity contribution in [3.05, 3.63) is 41.7 Å². The highest BCUT2D eigenvalue weighted by Crippen LogP contribution is 2.17. The van der Waals surface area contributed by atoms with E-state index in [1.54, 1.807) is 0 Å². The lowest BCUT2D eigenvalue weighted by Gasteiger charge is -2.07. The molecule has 3 N–H and O–H groups in total. The number of aromatic nitrogens is 2. The second-order valence-corrected chi connectivity index (χ2v) is 4.07. The maximum Gasteiger partial charge on any atom is 0.0853 e. The lowest BCUT2D eigenvalue weighted by Crippen LogP contribution is -2.03. The van der Waals surface area contributed by atoms with Crippen LogP contribution in [0.5, 0.6) is 0 Å². The van der Waals surface area contributed by atoms with Gasteiger partial charge in [-0.2, -0.15) is 5.10 Å². The predicted molar refractivity (Wildman–Crippen MR) is 70.8 cm³/mol. The molecule has 0 aliphatic rings. The highest BCUT2D eigenvalue weighted by Gasteiger charge is 2.05. The third kappa shape index (κ3) is 2.58. The van der Waals surface area contributed by atoms with E-state index in [9.17, 15) is 0 Å². The predicted octanol–water partition coefficient (Wildman–Crippen LogP) is 2.18. The molecule has 0 aliphatic carbocycles. The van der Waals surface area contributed by atoms with Crippen LogP contribution in [0, 0.1) is 0 Å². The number of aryl methyl sites for hydroxylation is 2. The second kappa shape index (κ2) is 4.91. The second-order valence-electron chi connectivity index (χ2n) is 4.07. The van der Waals surface area contributed by atoms with Gasteiger partial charge < -0.3 is 11.1 Å². The van der Waals surface area contributed by atoms with E-state index in [-0.39, 0.29) is 0 Å². The van der Waals surface area contributed by atoms with E-state index in [0.29, 0.717) is 0 Å². The average Bonchev–Trinajstić information content (AvgIpc) is 2.69. The summed E-state index contributed by atoms with van der Waals surface area (Å²) in [5, 5.41) is 7.77. The quantitative estimate of drug-likeness (QED) is 0.791. The topological polar surface area (TPSA) is 55.9 Å². The van der Waals surface area contributed by atoms with Gasteiger partial charge in [-0.3, -0.25) is 4.68 Å². The molecule has 1 aromatic carbocycles. The number of nitrogens with two attached hydrogens (primary N) is 1. The number of nitrogen functional groups attached to an aromatic ring is 1. The van der Waals surface area contributed by atoms with E-state index in [1.807, 2.05) is 42.2 Å². The molecule has 1 heterocycles. The van der Waals surface area contributed by atoms with Crippen molar-refractivity contribution in [2.75, 3.05) is 11.1 Å². The number of nitrogens with zero attached hydrogens (tertiary/aromatic N) is 2. The molecule has 2 aromatic rings. The Labute approximate surface area is 101 Å². The van der Waals surface area contributed by atoms with Crippen molar-refractivity contribution in [1.29, 1.82) is 0 Å². The van der Waals surface area contributed by atoms with E-state index >= 15 is 0 Å². The molecule has 0 spiro atoms. The molecule has 4 heteroatoms. The Kier molecular flexibility index (Phi) is 3.32. The van der Waals surface area contributed by atoms with Crippen LogP contribution < -0.4 is 11.1 Å². The molecule has 17 heavy (non-hydrogen) atoms. The van der Waals surface area contributed by atoms with Gasteiger partial charge in [0.05, 0.1) is 11.4 Å². The van der Waals surface area contributed by atoms with Gasteiger partial charge in [0.1, 0.15) is 0 Å². The van der Waals surface area contributed by atoms with Crippen molar-refractivity contribution in [1.82, 2.24) is 9.78 Å². The molecule has 0 unspecified atom stereocenters. The molecule has 4 nitrogen and oxygen atoms in total. The molecular formula is C13H18N4. The first-order chi connectivity index (χ1) is 8.20. The van der Waals surface area contributed by atoms with Crippen molar-refractivity contribution in [2.24, 2.45) is 7.05 Å². The number of anilines is 2. The first-order valence-corrected chi connectivity index (χ1v) is 5.80. The molecule has 0 saturated carbocycles. The highest BCUT2D eigenvalue weighted by molar-refractivity contribution is 5.51. The van der Waals surface area contributed by atoms with Crippen molar-refractivity contribution >= 4 is 11.4 Å². The molecule has 90 valence electrons. The van der Waals surface area contributed by atoms with Crippen LogP contribution in [0.3, 0.4) is 0 Å². The van der Waals surface area contributed by atoms with E-state index in [2.05, 4.69) is 17.3 Å². The van der Waals surface area contributed by atoms with Crippen LogP contribution in [0.2, 0.25) is 0 Å². The van der Waals surface area contributed by atoms with Gasteiger partial charge in [0.25, 0.3) is 0 Å². The van der Waals surface area contributed by atoms with Gasteiger partial charge in [-0.15, -0.1) is 0 Å². The van der Waals surface area contributed by atoms with Gasteiger partial charge in [0.2, 0.25) is 0 Å². The fourth-order valence-electron chi connectivity index (χ4n) is 1.83. The summed E-state index contributed by atoms with van der Waals surface area (Å²) in [7, 11) is 1.93. The molecule has 0 aliphatic heterocycles. The third-order valence-corrected chi connectivity index (χ3v) is 2.76. The van der Waals surface area contributed by atoms with E-state index < -0.39 is 0 Å². The summed E-state index contributed by atoms with van der Waals surface area (Å²) < 4.78 is 1.83. The average molecular weight is 230 g/mol. The summed E-state index contributed by atoms with van der Waals surface area (Å²) in [5.41, 5.74) is 10.00. The Bertz CT molecular complexity index is 502. The van der Waals surface area contributed by atoms with E-state index in [4.69, 9.17) is 5.73 Å². The van der Waals surface area contributed by atoms with Gasteiger partial charge in [-0.05, 0) is 18.1 Å². The molecule has 1 aromatic heterocycles. The van der Waals surface area contributed by atoms with Crippen LogP contribution in [0.1, 0.15) is 18.2 Å². The Morgan fingerprint density at radius 2 is 2.12 bits per heavy atom. The van der Waals surface area contributed by atoms with E-state index in [1.165, 1.54) is 0 Å². The molecule has 2 rings (SSSR count). The molecule has 0 atom stereocenters. The zero-order chi connectivity index (χ0) is 12.3. The summed E-state index contributed by atoms with van der Waals surface area (Å²) in [4.78, 5) is 0. The third-order valence-electron chi connectivity index (χ3n) is 2.76. The Morgan fingerprint density at radius 1 is 1.35 bits per heavy atom. The summed E-state index contributed by atoms with van der Waals surface area (Å²) in [6, 6.07) is 7.89. The number of rotatable bonds is 4. The van der Waals surface area contributed by atoms with E-state index in [0.717, 1.165) is 35.6 Å². The van der Waals surface area contributed by atoms with Gasteiger partial charge in [0.15, 0.2) is 0 Å². The highest BCUT2D eigenvalue weighted by atomic mass is 15.3. The minimum Gasteiger partial charge on any atom is -0.398 e. The lowest BCUT2D eigenvalue weighted by molar-refractivity contribution is 0.746. The Morgan fingerprint density at radius 3 is 2.82 bits per heavy atom. The maximum atomic E-state index is 5.90. The Hall–Kier alpha value is -1.97. The van der Waals surface area contributed by atoms with Crippen LogP contribution in [0.4, 0.5) is 11.4 Å².